The lowest BCUT2D eigenvalue weighted by Crippen LogP contribution is -2.25. The van der Waals surface area contributed by atoms with Gasteiger partial charge in [-0.1, -0.05) is 0 Å². The molecule has 0 amide bonds. The van der Waals surface area contributed by atoms with Crippen molar-refractivity contribution in [3.63, 3.8) is 0 Å². The molecule has 2 aromatic carbocycles. The van der Waals surface area contributed by atoms with E-state index in [0.717, 1.165) is 16.7 Å². The third kappa shape index (κ3) is 4.08. The number of aryl methyl sites for hydroxylation is 1. The Bertz CT molecular complexity index is 1180. The molecule has 3 rings (SSSR count). The third-order valence-corrected chi connectivity index (χ3v) is 4.26. The van der Waals surface area contributed by atoms with Gasteiger partial charge in [-0.3, -0.25) is 14.4 Å². The topological polar surface area (TPSA) is 106 Å². The molecule has 1 heterocycles. The summed E-state index contributed by atoms with van der Waals surface area (Å²) < 4.78 is 33.2. The van der Waals surface area contributed by atoms with E-state index in [1.54, 1.807) is 0 Å². The van der Waals surface area contributed by atoms with Crippen molar-refractivity contribution in [2.45, 2.75) is 12.8 Å². The lowest BCUT2D eigenvalue weighted by Gasteiger charge is -2.13. The molecule has 2 N–H and O–H groups in total. The fourth-order valence-electron chi connectivity index (χ4n) is 2.89. The number of Topliss-reactive ketones (excluding diaryl/α,β-unsaturated/α-hetero) is 1. The molecule has 0 spiro atoms. The van der Waals surface area contributed by atoms with Gasteiger partial charge in [0.15, 0.2) is 5.78 Å². The van der Waals surface area contributed by atoms with Gasteiger partial charge in [0.1, 0.15) is 34.4 Å². The maximum atomic E-state index is 13.3. The van der Waals surface area contributed by atoms with E-state index in [1.807, 2.05) is 0 Å². The van der Waals surface area contributed by atoms with E-state index in [2.05, 4.69) is 0 Å². The minimum absolute atomic E-state index is 0.100. The Morgan fingerprint density at radius 3 is 2.31 bits per heavy atom. The van der Waals surface area contributed by atoms with Crippen molar-refractivity contribution in [1.82, 2.24) is 4.57 Å². The number of benzene rings is 2. The monoisotopic (exact) mass is 403 g/mol. The van der Waals surface area contributed by atoms with Crippen LogP contribution < -0.4 is 10.3 Å². The largest absolute Gasteiger partial charge is 0.506 e. The number of hydrogen-bond acceptors (Lipinski definition) is 5. The Morgan fingerprint density at radius 2 is 1.69 bits per heavy atom. The lowest BCUT2D eigenvalue weighted by atomic mass is 10.0. The van der Waals surface area contributed by atoms with E-state index in [4.69, 9.17) is 9.84 Å². The molecule has 0 radical (unpaired) electrons. The molecule has 0 atom stereocenters. The van der Waals surface area contributed by atoms with E-state index in [0.29, 0.717) is 6.07 Å². The van der Waals surface area contributed by atoms with Crippen LogP contribution in [0.3, 0.4) is 0 Å². The Balaban J connectivity index is 2.05. The molecule has 0 unspecified atom stereocenters. The molecule has 1 aromatic heterocycles. The molecule has 0 saturated carbocycles. The smallest absolute Gasteiger partial charge is 0.303 e. The number of aromatic hydroxyl groups is 1. The molecule has 0 aliphatic carbocycles. The van der Waals surface area contributed by atoms with Crippen molar-refractivity contribution in [1.29, 1.82) is 0 Å². The number of carbonyl (C=O) groups excluding carboxylic acids is 1. The van der Waals surface area contributed by atoms with Gasteiger partial charge in [0.05, 0.1) is 11.9 Å². The first-order valence-corrected chi connectivity index (χ1v) is 8.42. The Hall–Kier alpha value is -3.75. The van der Waals surface area contributed by atoms with Gasteiger partial charge >= 0.3 is 5.97 Å². The molecule has 7 nitrogen and oxygen atoms in total. The zero-order chi connectivity index (χ0) is 21.3. The number of fused-ring (bicyclic) bond motifs is 1. The van der Waals surface area contributed by atoms with E-state index < -0.39 is 53.1 Å². The summed E-state index contributed by atoms with van der Waals surface area (Å²) in [6.45, 7) is 0. The Morgan fingerprint density at radius 1 is 1.03 bits per heavy atom. The third-order valence-electron chi connectivity index (χ3n) is 4.26. The maximum absolute atomic E-state index is 13.3. The van der Waals surface area contributed by atoms with Crippen LogP contribution in [-0.4, -0.2) is 26.5 Å². The summed E-state index contributed by atoms with van der Waals surface area (Å²) in [5, 5.41) is 19.3. The van der Waals surface area contributed by atoms with Crippen LogP contribution in [0.15, 0.2) is 41.2 Å². The standard InChI is InChI=1S/C20H15F2NO6/c1-23-15-9-12(29-13-7-10(21)6-11(22)8-13)2-3-14(15)19(27)18(20(23)28)16(24)4-5-17(25)26/h2-3,6-9,27H,4-5H2,1H3,(H,25,26). The summed E-state index contributed by atoms with van der Waals surface area (Å²) in [7, 11) is 1.36. The number of ether oxygens (including phenoxy) is 1. The van der Waals surface area contributed by atoms with Gasteiger partial charge in [0, 0.05) is 43.1 Å². The highest BCUT2D eigenvalue weighted by atomic mass is 19.1. The highest BCUT2D eigenvalue weighted by molar-refractivity contribution is 6.04. The molecule has 9 heteroatoms. The molecule has 0 fully saturated rings. The number of aliphatic carboxylic acids is 1. The predicted molar refractivity (Wildman–Crippen MR) is 98.5 cm³/mol. The highest BCUT2D eigenvalue weighted by Gasteiger charge is 2.22. The van der Waals surface area contributed by atoms with Crippen molar-refractivity contribution >= 4 is 22.7 Å². The fraction of sp³-hybridized carbons (Fsp3) is 0.150. The summed E-state index contributed by atoms with van der Waals surface area (Å²) in [5.41, 5.74) is -1.10. The first-order valence-electron chi connectivity index (χ1n) is 8.42. The van der Waals surface area contributed by atoms with Crippen LogP contribution in [-0.2, 0) is 11.8 Å². The molecule has 29 heavy (non-hydrogen) atoms. The van der Waals surface area contributed by atoms with Crippen molar-refractivity contribution < 1.29 is 33.3 Å². The average molecular weight is 403 g/mol. The molecular formula is C20H15F2NO6. The number of pyridine rings is 1. The first kappa shape index (κ1) is 20.0. The molecule has 150 valence electrons. The second-order valence-electron chi connectivity index (χ2n) is 6.29. The summed E-state index contributed by atoms with van der Waals surface area (Å²) >= 11 is 0. The number of carboxylic acids is 1. The number of hydrogen-bond donors (Lipinski definition) is 2. The molecule has 0 bridgehead atoms. The fourth-order valence-corrected chi connectivity index (χ4v) is 2.89. The number of nitrogens with zero attached hydrogens (tertiary/aromatic N) is 1. The van der Waals surface area contributed by atoms with Crippen LogP contribution in [0.5, 0.6) is 17.2 Å². The predicted octanol–water partition coefficient (Wildman–Crippen LogP) is 3.36. The Kier molecular flexibility index (Phi) is 5.31. The van der Waals surface area contributed by atoms with Gasteiger partial charge in [0.2, 0.25) is 0 Å². The number of carboxylic acid groups (broad SMARTS) is 1. The molecule has 3 aromatic rings. The van der Waals surface area contributed by atoms with E-state index in [1.165, 1.54) is 25.2 Å². The summed E-state index contributed by atoms with van der Waals surface area (Å²) in [5.74, 6) is -4.17. The van der Waals surface area contributed by atoms with Crippen molar-refractivity contribution in [3.8, 4) is 17.2 Å². The lowest BCUT2D eigenvalue weighted by molar-refractivity contribution is -0.136. The number of carbonyl (C=O) groups is 2. The second kappa shape index (κ2) is 7.70. The number of ketones is 1. The van der Waals surface area contributed by atoms with Crippen LogP contribution in [0.2, 0.25) is 0 Å². The first-order chi connectivity index (χ1) is 13.7. The van der Waals surface area contributed by atoms with Gasteiger partial charge in [-0.25, -0.2) is 8.78 Å². The van der Waals surface area contributed by atoms with Gasteiger partial charge < -0.3 is 19.5 Å². The van der Waals surface area contributed by atoms with Crippen molar-refractivity contribution in [2.75, 3.05) is 0 Å². The van der Waals surface area contributed by atoms with Gasteiger partial charge in [-0.15, -0.1) is 0 Å². The number of halogens is 2. The van der Waals surface area contributed by atoms with Crippen molar-refractivity contribution in [3.05, 3.63) is 63.9 Å². The van der Waals surface area contributed by atoms with Crippen LogP contribution in [0.25, 0.3) is 10.9 Å². The van der Waals surface area contributed by atoms with Crippen LogP contribution in [0.4, 0.5) is 8.78 Å². The maximum Gasteiger partial charge on any atom is 0.303 e. The van der Waals surface area contributed by atoms with Crippen molar-refractivity contribution in [2.24, 2.45) is 7.05 Å². The summed E-state index contributed by atoms with van der Waals surface area (Å²) in [6.07, 6.45) is -0.910. The van der Waals surface area contributed by atoms with Gasteiger partial charge in [-0.2, -0.15) is 0 Å². The molecule has 0 aliphatic heterocycles. The van der Waals surface area contributed by atoms with E-state index in [9.17, 15) is 28.3 Å². The van der Waals surface area contributed by atoms with E-state index >= 15 is 0 Å². The second-order valence-corrected chi connectivity index (χ2v) is 6.29. The molecule has 0 aliphatic rings. The summed E-state index contributed by atoms with van der Waals surface area (Å²) in [6, 6.07) is 6.79. The zero-order valence-corrected chi connectivity index (χ0v) is 15.1. The normalized spacial score (nSPS) is 10.9. The van der Waals surface area contributed by atoms with Crippen LogP contribution in [0, 0.1) is 11.6 Å². The summed E-state index contributed by atoms with van der Waals surface area (Å²) in [4.78, 5) is 35.4. The number of rotatable bonds is 6. The van der Waals surface area contributed by atoms with Gasteiger partial charge in [0.25, 0.3) is 5.56 Å². The number of aromatic nitrogens is 1. The highest BCUT2D eigenvalue weighted by Crippen LogP contribution is 2.32. The molecular weight excluding hydrogens is 388 g/mol. The van der Waals surface area contributed by atoms with Gasteiger partial charge in [-0.05, 0) is 12.1 Å². The SMILES string of the molecule is Cn1c(=O)c(C(=O)CCC(=O)O)c(O)c2ccc(Oc3cc(F)cc(F)c3)cc21. The Labute approximate surface area is 162 Å². The minimum Gasteiger partial charge on any atom is -0.506 e. The van der Waals surface area contributed by atoms with Crippen LogP contribution >= 0.6 is 0 Å². The van der Waals surface area contributed by atoms with E-state index in [-0.39, 0.29) is 22.4 Å². The zero-order valence-electron chi connectivity index (χ0n) is 15.1. The minimum atomic E-state index is -1.20. The molecule has 0 saturated heterocycles. The quantitative estimate of drug-likeness (QED) is 0.612. The average Bonchev–Trinajstić information content (AvgIpc) is 2.64. The van der Waals surface area contributed by atoms with Crippen LogP contribution in [0.1, 0.15) is 23.2 Å².